The van der Waals surface area contributed by atoms with Crippen LogP contribution in [0.3, 0.4) is 0 Å². The molecule has 5 rings (SSSR count). The summed E-state index contributed by atoms with van der Waals surface area (Å²) in [5.41, 5.74) is 5.16. The molecule has 0 radical (unpaired) electrons. The van der Waals surface area contributed by atoms with Crippen molar-refractivity contribution in [3.63, 3.8) is 0 Å². The Labute approximate surface area is 197 Å². The van der Waals surface area contributed by atoms with Crippen LogP contribution in [-0.4, -0.2) is 33.3 Å². The molecule has 6 heteroatoms. The molecule has 2 aromatic heterocycles. The molecule has 0 N–H and O–H groups in total. The summed E-state index contributed by atoms with van der Waals surface area (Å²) in [6.07, 6.45) is 6.43. The average molecular weight is 464 g/mol. The number of fused-ring (bicyclic) bond motifs is 1. The topological polar surface area (TPSA) is 37.6 Å². The maximum atomic E-state index is 13.3. The van der Waals surface area contributed by atoms with Crippen molar-refractivity contribution in [2.24, 2.45) is 0 Å². The van der Waals surface area contributed by atoms with E-state index in [-0.39, 0.29) is 5.91 Å². The molecule has 2 aromatic carbocycles. The lowest BCUT2D eigenvalue weighted by Crippen LogP contribution is -2.31. The van der Waals surface area contributed by atoms with Crippen LogP contribution in [-0.2, 0) is 0 Å². The first-order chi connectivity index (χ1) is 15.6. The molecule has 1 saturated heterocycles. The van der Waals surface area contributed by atoms with E-state index in [1.165, 1.54) is 12.8 Å². The number of nitrogens with zero attached hydrogens (tertiary/aromatic N) is 3. The van der Waals surface area contributed by atoms with Gasteiger partial charge in [-0.3, -0.25) is 9.20 Å². The predicted molar refractivity (Wildman–Crippen MR) is 130 cm³/mol. The molecule has 1 aliphatic heterocycles. The molecule has 0 atom stereocenters. The zero-order valence-corrected chi connectivity index (χ0v) is 19.1. The number of hydrogen-bond donors (Lipinski definition) is 0. The predicted octanol–water partition coefficient (Wildman–Crippen LogP) is 6.99. The van der Waals surface area contributed by atoms with Crippen molar-refractivity contribution >= 4 is 34.8 Å². The molecule has 3 heterocycles. The summed E-state index contributed by atoms with van der Waals surface area (Å²) < 4.78 is 2.01. The van der Waals surface area contributed by atoms with Gasteiger partial charge in [0.15, 0.2) is 0 Å². The first-order valence-electron chi connectivity index (χ1n) is 10.9. The molecular formula is C26H23Cl2N3O. The third kappa shape index (κ3) is 4.13. The van der Waals surface area contributed by atoms with Crippen molar-refractivity contribution in [1.29, 1.82) is 0 Å². The number of rotatable bonds is 3. The molecule has 4 nitrogen and oxygen atoms in total. The molecule has 0 unspecified atom stereocenters. The van der Waals surface area contributed by atoms with Gasteiger partial charge in [0.2, 0.25) is 0 Å². The minimum Gasteiger partial charge on any atom is -0.339 e. The van der Waals surface area contributed by atoms with E-state index in [4.69, 9.17) is 28.2 Å². The lowest BCUT2D eigenvalue weighted by Gasteiger charge is -2.20. The Bertz CT molecular complexity index is 1250. The van der Waals surface area contributed by atoms with Crippen LogP contribution in [0.1, 0.15) is 36.0 Å². The molecule has 162 valence electrons. The molecule has 1 aliphatic rings. The standard InChI is InChI=1S/C26H23Cl2N3O/c27-21-10-5-18(6-11-21)24-25(19-7-12-22(28)13-8-19)31-17-20(9-14-23(31)29-24)26(32)30-15-3-1-2-4-16-30/h5-14,17H,1-4,15-16H2. The van der Waals surface area contributed by atoms with E-state index >= 15 is 0 Å². The van der Waals surface area contributed by atoms with Crippen LogP contribution in [0.25, 0.3) is 28.2 Å². The summed E-state index contributed by atoms with van der Waals surface area (Å²) in [6, 6.07) is 19.2. The number of imidazole rings is 1. The molecule has 0 bridgehead atoms. The molecule has 32 heavy (non-hydrogen) atoms. The van der Waals surface area contributed by atoms with Gasteiger partial charge in [0.1, 0.15) is 5.65 Å². The summed E-state index contributed by atoms with van der Waals surface area (Å²) in [4.78, 5) is 20.1. The fourth-order valence-electron chi connectivity index (χ4n) is 4.32. The van der Waals surface area contributed by atoms with Gasteiger partial charge < -0.3 is 4.90 Å². The van der Waals surface area contributed by atoms with Gasteiger partial charge in [-0.1, -0.05) is 60.3 Å². The molecule has 1 amide bonds. The van der Waals surface area contributed by atoms with Crippen LogP contribution < -0.4 is 0 Å². The van der Waals surface area contributed by atoms with Crippen LogP contribution >= 0.6 is 23.2 Å². The molecular weight excluding hydrogens is 441 g/mol. The van der Waals surface area contributed by atoms with Gasteiger partial charge in [-0.2, -0.15) is 0 Å². The van der Waals surface area contributed by atoms with Crippen LogP contribution in [0.5, 0.6) is 0 Å². The van der Waals surface area contributed by atoms with E-state index in [0.29, 0.717) is 15.6 Å². The Balaban J connectivity index is 1.65. The van der Waals surface area contributed by atoms with Crippen molar-refractivity contribution in [1.82, 2.24) is 14.3 Å². The largest absolute Gasteiger partial charge is 0.339 e. The first-order valence-corrected chi connectivity index (χ1v) is 11.7. The van der Waals surface area contributed by atoms with Gasteiger partial charge in [-0.15, -0.1) is 0 Å². The summed E-state index contributed by atoms with van der Waals surface area (Å²) in [6.45, 7) is 1.64. The van der Waals surface area contributed by atoms with Crippen molar-refractivity contribution in [3.8, 4) is 22.5 Å². The van der Waals surface area contributed by atoms with Crippen LogP contribution in [0.15, 0.2) is 66.9 Å². The minimum atomic E-state index is 0.0811. The van der Waals surface area contributed by atoms with Gasteiger partial charge >= 0.3 is 0 Å². The number of likely N-dealkylation sites (tertiary alicyclic amines) is 1. The second kappa shape index (κ2) is 8.97. The Morgan fingerprint density at radius 1 is 0.750 bits per heavy atom. The van der Waals surface area contributed by atoms with E-state index in [1.54, 1.807) is 0 Å². The second-order valence-corrected chi connectivity index (χ2v) is 9.05. The number of carbonyl (C=O) groups is 1. The van der Waals surface area contributed by atoms with Crippen LogP contribution in [0, 0.1) is 0 Å². The van der Waals surface area contributed by atoms with Crippen LogP contribution in [0.2, 0.25) is 10.0 Å². The SMILES string of the molecule is O=C(c1ccc2nc(-c3ccc(Cl)cc3)c(-c3ccc(Cl)cc3)n2c1)N1CCCCCC1. The van der Waals surface area contributed by atoms with Gasteiger partial charge in [0.05, 0.1) is 17.0 Å². The van der Waals surface area contributed by atoms with Gasteiger partial charge in [0.25, 0.3) is 5.91 Å². The highest BCUT2D eigenvalue weighted by Gasteiger charge is 2.21. The summed E-state index contributed by atoms with van der Waals surface area (Å²) >= 11 is 12.3. The molecule has 0 saturated carbocycles. The third-order valence-corrected chi connectivity index (χ3v) is 6.50. The monoisotopic (exact) mass is 463 g/mol. The molecule has 4 aromatic rings. The summed E-state index contributed by atoms with van der Waals surface area (Å²) in [5.74, 6) is 0.0811. The minimum absolute atomic E-state index is 0.0811. The summed E-state index contributed by atoms with van der Waals surface area (Å²) in [5, 5.41) is 1.35. The second-order valence-electron chi connectivity index (χ2n) is 8.18. The van der Waals surface area contributed by atoms with Crippen LogP contribution in [0.4, 0.5) is 0 Å². The average Bonchev–Trinajstić information content (AvgIpc) is 2.98. The number of amides is 1. The fourth-order valence-corrected chi connectivity index (χ4v) is 4.57. The van der Waals surface area contributed by atoms with Crippen molar-refractivity contribution in [2.75, 3.05) is 13.1 Å². The molecule has 1 fully saturated rings. The maximum absolute atomic E-state index is 13.3. The van der Waals surface area contributed by atoms with Crippen molar-refractivity contribution < 1.29 is 4.79 Å². The lowest BCUT2D eigenvalue weighted by atomic mass is 10.0. The highest BCUT2D eigenvalue weighted by atomic mass is 35.5. The molecule has 0 spiro atoms. The Hall–Kier alpha value is -2.82. The third-order valence-electron chi connectivity index (χ3n) is 5.99. The van der Waals surface area contributed by atoms with E-state index in [1.807, 2.05) is 76.2 Å². The van der Waals surface area contributed by atoms with E-state index in [0.717, 1.165) is 54.1 Å². The number of halogens is 2. The zero-order valence-electron chi connectivity index (χ0n) is 17.6. The lowest BCUT2D eigenvalue weighted by molar-refractivity contribution is 0.0761. The number of pyridine rings is 1. The normalized spacial score (nSPS) is 14.5. The smallest absolute Gasteiger partial charge is 0.255 e. The van der Waals surface area contributed by atoms with Gasteiger partial charge in [-0.25, -0.2) is 4.98 Å². The number of carbonyl (C=O) groups excluding carboxylic acids is 1. The number of benzene rings is 2. The maximum Gasteiger partial charge on any atom is 0.255 e. The Morgan fingerprint density at radius 3 is 1.97 bits per heavy atom. The first kappa shape index (κ1) is 21.0. The number of aromatic nitrogens is 2. The highest BCUT2D eigenvalue weighted by molar-refractivity contribution is 6.31. The Kier molecular flexibility index (Phi) is 5.90. The van der Waals surface area contributed by atoms with Crippen molar-refractivity contribution in [2.45, 2.75) is 25.7 Å². The van der Waals surface area contributed by atoms with E-state index < -0.39 is 0 Å². The van der Waals surface area contributed by atoms with Gasteiger partial charge in [-0.05, 0) is 49.2 Å². The Morgan fingerprint density at radius 2 is 1.34 bits per heavy atom. The number of hydrogen-bond acceptors (Lipinski definition) is 2. The zero-order chi connectivity index (χ0) is 22.1. The quantitative estimate of drug-likeness (QED) is 0.328. The van der Waals surface area contributed by atoms with Crippen molar-refractivity contribution in [3.05, 3.63) is 82.5 Å². The van der Waals surface area contributed by atoms with E-state index in [9.17, 15) is 4.79 Å². The molecule has 0 aliphatic carbocycles. The highest BCUT2D eigenvalue weighted by Crippen LogP contribution is 2.34. The van der Waals surface area contributed by atoms with Gasteiger partial charge in [0, 0.05) is 40.5 Å². The fraction of sp³-hybridized carbons (Fsp3) is 0.231. The summed E-state index contributed by atoms with van der Waals surface area (Å²) in [7, 11) is 0. The van der Waals surface area contributed by atoms with E-state index in [2.05, 4.69) is 0 Å².